The van der Waals surface area contributed by atoms with Crippen LogP contribution in [0.3, 0.4) is 0 Å². The Kier molecular flexibility index (Phi) is 6.77. The van der Waals surface area contributed by atoms with Crippen LogP contribution in [0.1, 0.15) is 20.7 Å². The molecule has 184 valence electrons. The minimum Gasteiger partial charge on any atom is -0.505 e. The lowest BCUT2D eigenvalue weighted by Crippen LogP contribution is -2.19. The van der Waals surface area contributed by atoms with Crippen LogP contribution in [0.4, 0.5) is 5.69 Å². The quantitative estimate of drug-likeness (QED) is 0.224. The Morgan fingerprint density at radius 3 is 2.28 bits per heavy atom. The van der Waals surface area contributed by atoms with Gasteiger partial charge in [-0.05, 0) is 36.4 Å². The summed E-state index contributed by atoms with van der Waals surface area (Å²) in [5.41, 5.74) is -1.17. The van der Waals surface area contributed by atoms with Crippen molar-refractivity contribution in [2.75, 3.05) is 26.6 Å². The average Bonchev–Trinajstić information content (AvgIpc) is 2.90. The van der Waals surface area contributed by atoms with Crippen LogP contribution in [0.25, 0.3) is 11.0 Å². The monoisotopic (exact) mass is 491 g/mol. The van der Waals surface area contributed by atoms with E-state index in [0.717, 1.165) is 0 Å². The van der Waals surface area contributed by atoms with Crippen molar-refractivity contribution < 1.29 is 38.1 Å². The highest BCUT2D eigenvalue weighted by Gasteiger charge is 2.24. The molecule has 2 N–H and O–H groups in total. The third kappa shape index (κ3) is 4.51. The van der Waals surface area contributed by atoms with Crippen LogP contribution in [0.5, 0.6) is 28.7 Å². The Morgan fingerprint density at radius 2 is 1.61 bits per heavy atom. The highest BCUT2D eigenvalue weighted by Crippen LogP contribution is 2.40. The van der Waals surface area contributed by atoms with Crippen LogP contribution < -0.4 is 29.9 Å². The van der Waals surface area contributed by atoms with Gasteiger partial charge in [0.1, 0.15) is 11.3 Å². The molecule has 0 fully saturated rings. The molecule has 0 aliphatic carbocycles. The molecule has 0 saturated heterocycles. The molecule has 0 radical (unpaired) electrons. The molecule has 4 rings (SSSR count). The van der Waals surface area contributed by atoms with Crippen molar-refractivity contribution in [3.05, 3.63) is 82.2 Å². The molecule has 0 bridgehead atoms. The zero-order chi connectivity index (χ0) is 25.8. The Morgan fingerprint density at radius 1 is 0.889 bits per heavy atom. The lowest BCUT2D eigenvalue weighted by molar-refractivity contribution is 0.0734. The number of aromatic hydroxyl groups is 1. The van der Waals surface area contributed by atoms with E-state index in [1.165, 1.54) is 51.7 Å². The third-order valence-corrected chi connectivity index (χ3v) is 5.26. The van der Waals surface area contributed by atoms with Gasteiger partial charge in [0.15, 0.2) is 22.9 Å². The maximum absolute atomic E-state index is 13.0. The van der Waals surface area contributed by atoms with Gasteiger partial charge in [-0.2, -0.15) is 0 Å². The van der Waals surface area contributed by atoms with E-state index in [2.05, 4.69) is 5.32 Å². The molecular weight excluding hydrogens is 470 g/mol. The minimum atomic E-state index is -1.01. The van der Waals surface area contributed by atoms with Crippen molar-refractivity contribution in [2.24, 2.45) is 0 Å². The smallest absolute Gasteiger partial charge is 0.364 e. The molecule has 3 aromatic carbocycles. The molecule has 4 aromatic rings. The Balaban J connectivity index is 1.65. The normalized spacial score (nSPS) is 10.5. The van der Waals surface area contributed by atoms with E-state index in [1.54, 1.807) is 30.3 Å². The summed E-state index contributed by atoms with van der Waals surface area (Å²) in [6.45, 7) is 0. The predicted molar refractivity (Wildman–Crippen MR) is 130 cm³/mol. The van der Waals surface area contributed by atoms with Gasteiger partial charge in [-0.15, -0.1) is 0 Å². The van der Waals surface area contributed by atoms with Crippen LogP contribution in [-0.4, -0.2) is 38.3 Å². The second-order valence-corrected chi connectivity index (χ2v) is 7.36. The summed E-state index contributed by atoms with van der Waals surface area (Å²) in [5.74, 6) is -1.19. The molecule has 10 heteroatoms. The summed E-state index contributed by atoms with van der Waals surface area (Å²) in [4.78, 5) is 37.9. The van der Waals surface area contributed by atoms with Gasteiger partial charge in [-0.3, -0.25) is 4.79 Å². The third-order valence-electron chi connectivity index (χ3n) is 5.26. The summed E-state index contributed by atoms with van der Waals surface area (Å²) in [6.07, 6.45) is 0. The Labute approximate surface area is 204 Å². The molecule has 10 nitrogen and oxygen atoms in total. The van der Waals surface area contributed by atoms with E-state index < -0.39 is 28.9 Å². The lowest BCUT2D eigenvalue weighted by Gasteiger charge is -2.15. The topological polar surface area (TPSA) is 134 Å². The first-order valence-corrected chi connectivity index (χ1v) is 10.5. The number of methoxy groups -OCH3 is 3. The number of nitrogens with one attached hydrogen (secondary N) is 1. The predicted octanol–water partition coefficient (Wildman–Crippen LogP) is 4.00. The molecule has 36 heavy (non-hydrogen) atoms. The first-order valence-electron chi connectivity index (χ1n) is 10.5. The number of fused-ring (bicyclic) bond motifs is 1. The molecule has 0 aliphatic rings. The van der Waals surface area contributed by atoms with Gasteiger partial charge in [-0.1, -0.05) is 18.2 Å². The Bertz CT molecular complexity index is 1510. The van der Waals surface area contributed by atoms with E-state index in [4.69, 9.17) is 23.4 Å². The van der Waals surface area contributed by atoms with Crippen molar-refractivity contribution in [1.29, 1.82) is 0 Å². The summed E-state index contributed by atoms with van der Waals surface area (Å²) in [7, 11) is 4.17. The van der Waals surface area contributed by atoms with Gasteiger partial charge in [0.25, 0.3) is 5.91 Å². The van der Waals surface area contributed by atoms with Gasteiger partial charge in [0.2, 0.25) is 5.75 Å². The summed E-state index contributed by atoms with van der Waals surface area (Å²) in [6, 6.07) is 15.4. The van der Waals surface area contributed by atoms with Crippen molar-refractivity contribution in [3.8, 4) is 28.7 Å². The molecule has 0 unspecified atom stereocenters. The standard InChI is InChI=1S/C26H21NO9/c1-32-18-12-11-17(22(33-2)23(18)34-3)24(29)27-20-21(28)16-10-9-15(13-19(16)36-26(20)31)35-25(30)14-7-5-4-6-8-14/h4-13,28H,1-3H3,(H,27,29). The molecule has 0 spiro atoms. The summed E-state index contributed by atoms with van der Waals surface area (Å²) < 4.78 is 26.4. The number of carbonyl (C=O) groups excluding carboxylic acids is 2. The first kappa shape index (κ1) is 24.1. The van der Waals surface area contributed by atoms with Crippen molar-refractivity contribution >= 4 is 28.5 Å². The van der Waals surface area contributed by atoms with Crippen LogP contribution in [-0.2, 0) is 0 Å². The minimum absolute atomic E-state index is 0.0252. The molecule has 1 amide bonds. The van der Waals surface area contributed by atoms with E-state index in [0.29, 0.717) is 11.3 Å². The Hall–Kier alpha value is -4.99. The molecule has 0 saturated carbocycles. The number of hydrogen-bond donors (Lipinski definition) is 2. The summed E-state index contributed by atoms with van der Waals surface area (Å²) >= 11 is 0. The maximum atomic E-state index is 13.0. The van der Waals surface area contributed by atoms with Crippen molar-refractivity contribution in [2.45, 2.75) is 0 Å². The molecule has 1 aromatic heterocycles. The van der Waals surface area contributed by atoms with E-state index in [-0.39, 0.29) is 33.8 Å². The zero-order valence-electron chi connectivity index (χ0n) is 19.5. The van der Waals surface area contributed by atoms with Crippen molar-refractivity contribution in [1.82, 2.24) is 0 Å². The molecule has 0 atom stereocenters. The molecular formula is C26H21NO9. The number of hydrogen-bond acceptors (Lipinski definition) is 9. The number of esters is 1. The largest absolute Gasteiger partial charge is 0.505 e. The van der Waals surface area contributed by atoms with E-state index in [1.807, 2.05) is 0 Å². The number of benzene rings is 3. The van der Waals surface area contributed by atoms with Crippen LogP contribution in [0, 0.1) is 0 Å². The number of amides is 1. The summed E-state index contributed by atoms with van der Waals surface area (Å²) in [5, 5.41) is 13.2. The second kappa shape index (κ2) is 10.1. The maximum Gasteiger partial charge on any atom is 0.364 e. The van der Waals surface area contributed by atoms with Gasteiger partial charge in [-0.25, -0.2) is 9.59 Å². The highest BCUT2D eigenvalue weighted by atomic mass is 16.5. The SMILES string of the molecule is COc1ccc(C(=O)Nc2c(O)c3ccc(OC(=O)c4ccccc4)cc3oc2=O)c(OC)c1OC. The van der Waals surface area contributed by atoms with Gasteiger partial charge < -0.3 is 33.8 Å². The fourth-order valence-electron chi connectivity index (χ4n) is 3.54. The number of anilines is 1. The highest BCUT2D eigenvalue weighted by molar-refractivity contribution is 6.08. The first-order chi connectivity index (χ1) is 17.4. The second-order valence-electron chi connectivity index (χ2n) is 7.36. The molecule has 1 heterocycles. The fraction of sp³-hybridized carbons (Fsp3) is 0.115. The van der Waals surface area contributed by atoms with Crippen LogP contribution in [0.15, 0.2) is 69.9 Å². The molecule has 0 aliphatic heterocycles. The van der Waals surface area contributed by atoms with Crippen LogP contribution >= 0.6 is 0 Å². The zero-order valence-corrected chi connectivity index (χ0v) is 19.5. The van der Waals surface area contributed by atoms with Crippen LogP contribution in [0.2, 0.25) is 0 Å². The van der Waals surface area contributed by atoms with E-state index >= 15 is 0 Å². The number of rotatable bonds is 7. The van der Waals surface area contributed by atoms with E-state index in [9.17, 15) is 19.5 Å². The number of ether oxygens (including phenoxy) is 4. The van der Waals surface area contributed by atoms with Gasteiger partial charge >= 0.3 is 11.6 Å². The van der Waals surface area contributed by atoms with Gasteiger partial charge in [0.05, 0.1) is 37.8 Å². The van der Waals surface area contributed by atoms with Crippen molar-refractivity contribution in [3.63, 3.8) is 0 Å². The fourth-order valence-corrected chi connectivity index (χ4v) is 3.54. The lowest BCUT2D eigenvalue weighted by atomic mass is 10.1. The number of carbonyl (C=O) groups is 2. The average molecular weight is 491 g/mol. The van der Waals surface area contributed by atoms with Gasteiger partial charge in [0, 0.05) is 6.07 Å².